The SMILES string of the molecule is Cc1cccc2c1ccc1ccccc12.c1ccc2cc3ccccc3cc2c1. The molecule has 0 fully saturated rings. The first kappa shape index (κ1) is 17.5. The largest absolute Gasteiger partial charge is 0.0616 e. The molecule has 0 bridgehead atoms. The molecule has 0 N–H and O–H groups in total. The molecule has 0 saturated heterocycles. The monoisotopic (exact) mass is 370 g/mol. The predicted octanol–water partition coefficient (Wildman–Crippen LogP) is 8.29. The maximum atomic E-state index is 2.24. The summed E-state index contributed by atoms with van der Waals surface area (Å²) < 4.78 is 0. The first-order valence-electron chi connectivity index (χ1n) is 10.0. The van der Waals surface area contributed by atoms with Crippen LogP contribution in [0.4, 0.5) is 0 Å². The van der Waals surface area contributed by atoms with Gasteiger partial charge in [0.2, 0.25) is 0 Å². The number of rotatable bonds is 0. The topological polar surface area (TPSA) is 0 Å². The molecule has 6 aromatic carbocycles. The highest BCUT2D eigenvalue weighted by Crippen LogP contribution is 2.27. The average Bonchev–Trinajstić information content (AvgIpc) is 2.78. The van der Waals surface area contributed by atoms with Gasteiger partial charge in [0.1, 0.15) is 0 Å². The molecule has 0 heterocycles. The molecule has 6 rings (SSSR count). The molecule has 0 aromatic heterocycles. The molecule has 138 valence electrons. The Bertz CT molecular complexity index is 1350. The summed E-state index contributed by atoms with van der Waals surface area (Å²) in [5.41, 5.74) is 1.35. The molecule has 0 radical (unpaired) electrons. The van der Waals surface area contributed by atoms with Crippen molar-refractivity contribution in [3.05, 3.63) is 121 Å². The molecular weight excluding hydrogens is 348 g/mol. The van der Waals surface area contributed by atoms with Crippen molar-refractivity contribution in [2.24, 2.45) is 0 Å². The molecule has 6 aromatic rings. The summed E-state index contributed by atoms with van der Waals surface area (Å²) in [4.78, 5) is 0. The van der Waals surface area contributed by atoms with Crippen LogP contribution in [0.2, 0.25) is 0 Å². The van der Waals surface area contributed by atoms with Gasteiger partial charge in [-0.2, -0.15) is 0 Å². The second kappa shape index (κ2) is 7.41. The van der Waals surface area contributed by atoms with Gasteiger partial charge < -0.3 is 0 Å². The van der Waals surface area contributed by atoms with E-state index in [1.54, 1.807) is 0 Å². The third-order valence-corrected chi connectivity index (χ3v) is 5.62. The number of hydrogen-bond donors (Lipinski definition) is 0. The Hall–Kier alpha value is -3.64. The number of fused-ring (bicyclic) bond motifs is 5. The van der Waals surface area contributed by atoms with Crippen LogP contribution in [-0.4, -0.2) is 0 Å². The minimum atomic E-state index is 1.31. The summed E-state index contributed by atoms with van der Waals surface area (Å²) in [7, 11) is 0. The lowest BCUT2D eigenvalue weighted by atomic mass is 9.99. The number of hydrogen-bond acceptors (Lipinski definition) is 0. The lowest BCUT2D eigenvalue weighted by Gasteiger charge is -2.05. The highest BCUT2D eigenvalue weighted by molar-refractivity contribution is 6.08. The van der Waals surface area contributed by atoms with E-state index in [0.717, 1.165) is 0 Å². The Balaban J connectivity index is 0.000000125. The summed E-state index contributed by atoms with van der Waals surface area (Å²) in [5, 5.41) is 10.6. The number of aryl methyl sites for hydroxylation is 1. The van der Waals surface area contributed by atoms with Crippen molar-refractivity contribution >= 4 is 43.1 Å². The molecular formula is C29H22. The van der Waals surface area contributed by atoms with E-state index in [1.807, 2.05) is 0 Å². The van der Waals surface area contributed by atoms with Crippen LogP contribution < -0.4 is 0 Å². The molecule has 0 unspecified atom stereocenters. The summed E-state index contributed by atoms with van der Waals surface area (Å²) in [6, 6.07) is 40.9. The zero-order chi connectivity index (χ0) is 19.6. The average molecular weight is 370 g/mol. The Labute approximate surface area is 171 Å². The third-order valence-electron chi connectivity index (χ3n) is 5.62. The van der Waals surface area contributed by atoms with Gasteiger partial charge in [-0.25, -0.2) is 0 Å². The summed E-state index contributed by atoms with van der Waals surface area (Å²) >= 11 is 0. The molecule has 0 heteroatoms. The third kappa shape index (κ3) is 3.34. The standard InChI is InChI=1S/C15H12.C14H10/c1-11-5-4-8-15-13(11)10-9-12-6-2-3-7-14(12)15;1-2-6-12-10-14-8-4-3-7-13(14)9-11(12)5-1/h2-10H,1H3;1-10H. The Morgan fingerprint density at radius 2 is 0.828 bits per heavy atom. The van der Waals surface area contributed by atoms with Gasteiger partial charge in [-0.15, -0.1) is 0 Å². The fraction of sp³-hybridized carbons (Fsp3) is 0.0345. The van der Waals surface area contributed by atoms with Crippen LogP contribution in [-0.2, 0) is 0 Å². The second-order valence-corrected chi connectivity index (χ2v) is 7.50. The van der Waals surface area contributed by atoms with Gasteiger partial charge in [0.25, 0.3) is 0 Å². The minimum Gasteiger partial charge on any atom is -0.0616 e. The van der Waals surface area contributed by atoms with E-state index in [9.17, 15) is 0 Å². The Morgan fingerprint density at radius 3 is 1.41 bits per heavy atom. The quantitative estimate of drug-likeness (QED) is 0.186. The zero-order valence-corrected chi connectivity index (χ0v) is 16.5. The van der Waals surface area contributed by atoms with Crippen molar-refractivity contribution in [2.75, 3.05) is 0 Å². The lowest BCUT2D eigenvalue weighted by Crippen LogP contribution is -1.80. The Kier molecular flexibility index (Phi) is 4.46. The highest BCUT2D eigenvalue weighted by Gasteiger charge is 2.00. The summed E-state index contributed by atoms with van der Waals surface area (Å²) in [6.07, 6.45) is 0. The first-order chi connectivity index (χ1) is 14.3. The van der Waals surface area contributed by atoms with Gasteiger partial charge >= 0.3 is 0 Å². The van der Waals surface area contributed by atoms with Crippen molar-refractivity contribution in [2.45, 2.75) is 6.92 Å². The molecule has 0 saturated carbocycles. The van der Waals surface area contributed by atoms with Crippen molar-refractivity contribution in [1.29, 1.82) is 0 Å². The van der Waals surface area contributed by atoms with E-state index in [1.165, 1.54) is 48.7 Å². The highest BCUT2D eigenvalue weighted by atomic mass is 14.0. The van der Waals surface area contributed by atoms with E-state index in [-0.39, 0.29) is 0 Å². The molecule has 0 nitrogen and oxygen atoms in total. The van der Waals surface area contributed by atoms with Gasteiger partial charge in [-0.3, -0.25) is 0 Å². The smallest absolute Gasteiger partial charge is 0.0103 e. The fourth-order valence-electron chi connectivity index (χ4n) is 4.08. The van der Waals surface area contributed by atoms with Crippen LogP contribution in [0, 0.1) is 6.92 Å². The van der Waals surface area contributed by atoms with Crippen molar-refractivity contribution in [3.8, 4) is 0 Å². The van der Waals surface area contributed by atoms with E-state index in [2.05, 4.69) is 122 Å². The molecule has 0 amide bonds. The van der Waals surface area contributed by atoms with Crippen LogP contribution in [0.15, 0.2) is 115 Å². The predicted molar refractivity (Wildman–Crippen MR) is 128 cm³/mol. The Morgan fingerprint density at radius 1 is 0.345 bits per heavy atom. The molecule has 0 aliphatic carbocycles. The van der Waals surface area contributed by atoms with Gasteiger partial charge in [0.05, 0.1) is 0 Å². The van der Waals surface area contributed by atoms with Crippen molar-refractivity contribution in [3.63, 3.8) is 0 Å². The van der Waals surface area contributed by atoms with Gasteiger partial charge in [0.15, 0.2) is 0 Å². The fourth-order valence-corrected chi connectivity index (χ4v) is 4.08. The maximum Gasteiger partial charge on any atom is -0.0103 e. The summed E-state index contributed by atoms with van der Waals surface area (Å²) in [5.74, 6) is 0. The first-order valence-corrected chi connectivity index (χ1v) is 10.0. The molecule has 0 spiro atoms. The molecule has 29 heavy (non-hydrogen) atoms. The van der Waals surface area contributed by atoms with Gasteiger partial charge in [0, 0.05) is 0 Å². The van der Waals surface area contributed by atoms with Crippen molar-refractivity contribution in [1.82, 2.24) is 0 Å². The van der Waals surface area contributed by atoms with Crippen LogP contribution in [0.5, 0.6) is 0 Å². The van der Waals surface area contributed by atoms with E-state index >= 15 is 0 Å². The molecule has 0 aliphatic heterocycles. The van der Waals surface area contributed by atoms with E-state index < -0.39 is 0 Å². The van der Waals surface area contributed by atoms with Gasteiger partial charge in [-0.05, 0) is 67.7 Å². The molecule has 0 atom stereocenters. The van der Waals surface area contributed by atoms with E-state index in [4.69, 9.17) is 0 Å². The van der Waals surface area contributed by atoms with Crippen LogP contribution in [0.1, 0.15) is 5.56 Å². The normalized spacial score (nSPS) is 10.9. The maximum absolute atomic E-state index is 2.24. The number of benzene rings is 6. The molecule has 0 aliphatic rings. The summed E-state index contributed by atoms with van der Waals surface area (Å²) in [6.45, 7) is 2.16. The lowest BCUT2D eigenvalue weighted by molar-refractivity contribution is 1.54. The van der Waals surface area contributed by atoms with E-state index in [0.29, 0.717) is 0 Å². The van der Waals surface area contributed by atoms with Crippen LogP contribution >= 0.6 is 0 Å². The second-order valence-electron chi connectivity index (χ2n) is 7.50. The van der Waals surface area contributed by atoms with Gasteiger partial charge in [-0.1, -0.05) is 103 Å². The zero-order valence-electron chi connectivity index (χ0n) is 16.5. The van der Waals surface area contributed by atoms with Crippen LogP contribution in [0.25, 0.3) is 43.1 Å². The van der Waals surface area contributed by atoms with Crippen LogP contribution in [0.3, 0.4) is 0 Å². The minimum absolute atomic E-state index is 1.31. The van der Waals surface area contributed by atoms with Crippen molar-refractivity contribution < 1.29 is 0 Å².